The summed E-state index contributed by atoms with van der Waals surface area (Å²) in [7, 11) is 3.09. The molecular weight excluding hydrogens is 184 g/mol. The average Bonchev–Trinajstić information content (AvgIpc) is 2.02. The van der Waals surface area contributed by atoms with Gasteiger partial charge >= 0.3 is 5.97 Å². The average molecular weight is 202 g/mol. The first-order chi connectivity index (χ1) is 6.22. The van der Waals surface area contributed by atoms with Gasteiger partial charge in [0.05, 0.1) is 0 Å². The van der Waals surface area contributed by atoms with Crippen molar-refractivity contribution in [2.45, 2.75) is 33.3 Å². The molecule has 0 heterocycles. The number of nitrogens with one attached hydrogen (secondary N) is 1. The lowest BCUT2D eigenvalue weighted by atomic mass is 10.2. The first-order valence-corrected chi connectivity index (χ1v) is 4.04. The summed E-state index contributed by atoms with van der Waals surface area (Å²) >= 11 is 0. The van der Waals surface area contributed by atoms with Gasteiger partial charge in [-0.1, -0.05) is 0 Å². The molecule has 0 saturated heterocycles. The van der Waals surface area contributed by atoms with Gasteiger partial charge in [-0.15, -0.1) is 0 Å². The van der Waals surface area contributed by atoms with E-state index in [1.165, 1.54) is 6.92 Å². The van der Waals surface area contributed by atoms with Gasteiger partial charge in [-0.05, 0) is 20.8 Å². The van der Waals surface area contributed by atoms with E-state index in [-0.39, 0.29) is 5.91 Å². The third kappa shape index (κ3) is 17.1. The van der Waals surface area contributed by atoms with E-state index in [0.717, 1.165) is 6.54 Å². The SMILES string of the molecule is CC(C)(C)OC(=O)[CH]N.[CH2]NC(C)=O. The standard InChI is InChI=1S/C6H12NO2.C3H6NO/c1-6(2,3)9-5(8)4-7;1-3(5)4-2/h4H,7H2,1-3H3;2H2,1H3,(H,4,5). The molecule has 1 amide bonds. The maximum atomic E-state index is 10.4. The molecule has 0 rings (SSSR count). The molecule has 5 nitrogen and oxygen atoms in total. The normalized spacial score (nSPS) is 9.57. The molecule has 0 unspecified atom stereocenters. The van der Waals surface area contributed by atoms with Crippen LogP contribution in [0.5, 0.6) is 0 Å². The van der Waals surface area contributed by atoms with Crippen molar-refractivity contribution >= 4 is 11.9 Å². The van der Waals surface area contributed by atoms with Gasteiger partial charge in [-0.25, -0.2) is 0 Å². The van der Waals surface area contributed by atoms with Crippen LogP contribution in [0.15, 0.2) is 0 Å². The fraction of sp³-hybridized carbons (Fsp3) is 0.556. The van der Waals surface area contributed by atoms with Crippen LogP contribution >= 0.6 is 0 Å². The highest BCUT2D eigenvalue weighted by atomic mass is 16.6. The molecule has 0 saturated carbocycles. The van der Waals surface area contributed by atoms with Gasteiger partial charge in [-0.2, -0.15) is 0 Å². The summed E-state index contributed by atoms with van der Waals surface area (Å²) in [6.45, 7) is 7.68. The van der Waals surface area contributed by atoms with E-state index in [1.807, 2.05) is 0 Å². The fourth-order valence-electron chi connectivity index (χ4n) is 0.336. The molecule has 0 aromatic carbocycles. The number of carbonyl (C=O) groups excluding carboxylic acids is 2. The lowest BCUT2D eigenvalue weighted by Gasteiger charge is -2.18. The summed E-state index contributed by atoms with van der Waals surface area (Å²) < 4.78 is 4.77. The van der Waals surface area contributed by atoms with E-state index in [1.54, 1.807) is 20.8 Å². The fourth-order valence-corrected chi connectivity index (χ4v) is 0.336. The van der Waals surface area contributed by atoms with Crippen molar-refractivity contribution < 1.29 is 14.3 Å². The molecule has 0 bridgehead atoms. The molecule has 0 atom stereocenters. The molecule has 82 valence electrons. The Morgan fingerprint density at radius 3 is 1.86 bits per heavy atom. The van der Waals surface area contributed by atoms with Gasteiger partial charge in [0.15, 0.2) is 0 Å². The van der Waals surface area contributed by atoms with E-state index in [9.17, 15) is 9.59 Å². The van der Waals surface area contributed by atoms with E-state index >= 15 is 0 Å². The van der Waals surface area contributed by atoms with Gasteiger partial charge in [0, 0.05) is 14.0 Å². The summed E-state index contributed by atoms with van der Waals surface area (Å²) in [5, 5.41) is 2.14. The number of hydrogen-bond donors (Lipinski definition) is 2. The summed E-state index contributed by atoms with van der Waals surface area (Å²) in [5.41, 5.74) is 4.44. The summed E-state index contributed by atoms with van der Waals surface area (Å²) in [6.07, 6.45) is 0. The second kappa shape index (κ2) is 7.32. The van der Waals surface area contributed by atoms with Crippen molar-refractivity contribution in [1.82, 2.24) is 5.32 Å². The Bertz CT molecular complexity index is 185. The molecule has 3 N–H and O–H groups in total. The topological polar surface area (TPSA) is 81.4 Å². The number of rotatable bonds is 1. The van der Waals surface area contributed by atoms with Gasteiger partial charge in [0.25, 0.3) is 0 Å². The minimum atomic E-state index is -0.484. The third-order valence-electron chi connectivity index (χ3n) is 0.792. The third-order valence-corrected chi connectivity index (χ3v) is 0.792. The maximum absolute atomic E-state index is 10.4. The Balaban J connectivity index is 0. The van der Waals surface area contributed by atoms with Crippen molar-refractivity contribution in [3.63, 3.8) is 0 Å². The first kappa shape index (κ1) is 15.4. The zero-order chi connectivity index (χ0) is 11.8. The van der Waals surface area contributed by atoms with Crippen molar-refractivity contribution in [3.8, 4) is 0 Å². The van der Waals surface area contributed by atoms with Crippen molar-refractivity contribution in [2.24, 2.45) is 5.73 Å². The van der Waals surface area contributed by atoms with Crippen LogP contribution < -0.4 is 11.1 Å². The molecular formula is C9H18N2O3. The zero-order valence-corrected chi connectivity index (χ0v) is 9.09. The Kier molecular flexibility index (Phi) is 8.04. The lowest BCUT2D eigenvalue weighted by Crippen LogP contribution is -2.25. The van der Waals surface area contributed by atoms with Crippen LogP contribution in [0.25, 0.3) is 0 Å². The van der Waals surface area contributed by atoms with E-state index in [0.29, 0.717) is 0 Å². The van der Waals surface area contributed by atoms with Crippen molar-refractivity contribution in [3.05, 3.63) is 13.6 Å². The number of amides is 1. The molecule has 0 fully saturated rings. The first-order valence-electron chi connectivity index (χ1n) is 4.04. The van der Waals surface area contributed by atoms with Crippen LogP contribution in [0.2, 0.25) is 0 Å². The molecule has 0 aliphatic heterocycles. The molecule has 5 heteroatoms. The molecule has 0 aromatic rings. The van der Waals surface area contributed by atoms with Crippen LogP contribution in [0.1, 0.15) is 27.7 Å². The Labute approximate surface area is 85.0 Å². The van der Waals surface area contributed by atoms with E-state index in [2.05, 4.69) is 12.4 Å². The van der Waals surface area contributed by atoms with Gasteiger partial charge in [-0.3, -0.25) is 9.59 Å². The highest BCUT2D eigenvalue weighted by Gasteiger charge is 2.14. The number of carbonyl (C=O) groups is 2. The molecule has 0 aliphatic carbocycles. The summed E-state index contributed by atoms with van der Waals surface area (Å²) in [4.78, 5) is 20.1. The van der Waals surface area contributed by atoms with Crippen molar-refractivity contribution in [2.75, 3.05) is 0 Å². The van der Waals surface area contributed by atoms with Gasteiger partial charge < -0.3 is 15.8 Å². The van der Waals surface area contributed by atoms with Crippen LogP contribution in [0.4, 0.5) is 0 Å². The molecule has 0 spiro atoms. The summed E-state index contributed by atoms with van der Waals surface area (Å²) in [6, 6.07) is 0. The largest absolute Gasteiger partial charge is 0.459 e. The highest BCUT2D eigenvalue weighted by molar-refractivity contribution is 5.78. The number of nitrogens with two attached hydrogens (primary N) is 1. The monoisotopic (exact) mass is 202 g/mol. The minimum absolute atomic E-state index is 0.106. The van der Waals surface area contributed by atoms with Crippen molar-refractivity contribution in [1.29, 1.82) is 0 Å². The predicted octanol–water partition coefficient (Wildman–Crippen LogP) is 0.363. The van der Waals surface area contributed by atoms with Gasteiger partial charge in [0.1, 0.15) is 12.1 Å². The second-order valence-corrected chi connectivity index (χ2v) is 3.43. The Morgan fingerprint density at radius 2 is 1.79 bits per heavy atom. The number of ether oxygens (including phenoxy) is 1. The lowest BCUT2D eigenvalue weighted by molar-refractivity contribution is -0.150. The van der Waals surface area contributed by atoms with Crippen LogP contribution in [0.3, 0.4) is 0 Å². The zero-order valence-electron chi connectivity index (χ0n) is 9.09. The van der Waals surface area contributed by atoms with Crippen LogP contribution in [-0.4, -0.2) is 17.5 Å². The number of hydrogen-bond acceptors (Lipinski definition) is 4. The smallest absolute Gasteiger partial charge is 0.325 e. The molecule has 0 aromatic heterocycles. The number of esters is 1. The summed E-state index contributed by atoms with van der Waals surface area (Å²) in [5.74, 6) is -0.590. The molecule has 2 radical (unpaired) electrons. The maximum Gasteiger partial charge on any atom is 0.325 e. The highest BCUT2D eigenvalue weighted by Crippen LogP contribution is 2.06. The second-order valence-electron chi connectivity index (χ2n) is 3.43. The quantitative estimate of drug-likeness (QED) is 0.602. The predicted molar refractivity (Wildman–Crippen MR) is 53.5 cm³/mol. The molecule has 14 heavy (non-hydrogen) atoms. The Morgan fingerprint density at radius 1 is 1.43 bits per heavy atom. The van der Waals surface area contributed by atoms with E-state index < -0.39 is 11.6 Å². The minimum Gasteiger partial charge on any atom is -0.459 e. The van der Waals surface area contributed by atoms with Crippen LogP contribution in [0, 0.1) is 13.6 Å². The van der Waals surface area contributed by atoms with Gasteiger partial charge in [0.2, 0.25) is 5.91 Å². The Hall–Kier alpha value is -1.10. The van der Waals surface area contributed by atoms with E-state index in [4.69, 9.17) is 10.5 Å². The molecule has 0 aliphatic rings. The van der Waals surface area contributed by atoms with Crippen LogP contribution in [-0.2, 0) is 14.3 Å².